The SMILES string of the molecule is CCCc1nc(CN2CCCC(CCO)C2)no1. The summed E-state index contributed by atoms with van der Waals surface area (Å²) in [6, 6.07) is 0. The van der Waals surface area contributed by atoms with Crippen molar-refractivity contribution < 1.29 is 9.63 Å². The molecule has 0 bridgehead atoms. The Morgan fingerprint density at radius 1 is 1.50 bits per heavy atom. The van der Waals surface area contributed by atoms with E-state index in [-0.39, 0.29) is 0 Å². The summed E-state index contributed by atoms with van der Waals surface area (Å²) in [5.41, 5.74) is 0. The fraction of sp³-hybridized carbons (Fsp3) is 0.846. The fourth-order valence-corrected chi connectivity index (χ4v) is 2.58. The molecular formula is C13H23N3O2. The molecule has 0 aliphatic carbocycles. The minimum Gasteiger partial charge on any atom is -0.396 e. The van der Waals surface area contributed by atoms with Gasteiger partial charge in [0, 0.05) is 19.6 Å². The van der Waals surface area contributed by atoms with Crippen LogP contribution in [-0.4, -0.2) is 39.8 Å². The molecule has 1 atom stereocenters. The predicted molar refractivity (Wildman–Crippen MR) is 68.0 cm³/mol. The molecule has 0 aromatic carbocycles. The van der Waals surface area contributed by atoms with Crippen LogP contribution in [0.2, 0.25) is 0 Å². The van der Waals surface area contributed by atoms with Crippen molar-refractivity contribution in [2.24, 2.45) is 5.92 Å². The summed E-state index contributed by atoms with van der Waals surface area (Å²) in [6.07, 6.45) is 5.22. The molecular weight excluding hydrogens is 230 g/mol. The fourth-order valence-electron chi connectivity index (χ4n) is 2.58. The first-order valence-corrected chi connectivity index (χ1v) is 6.96. The van der Waals surface area contributed by atoms with Gasteiger partial charge in [0.2, 0.25) is 5.89 Å². The third-order valence-corrected chi connectivity index (χ3v) is 3.48. The maximum atomic E-state index is 9.00. The van der Waals surface area contributed by atoms with Crippen LogP contribution in [0.15, 0.2) is 4.52 Å². The van der Waals surface area contributed by atoms with Crippen LogP contribution in [0.25, 0.3) is 0 Å². The Labute approximate surface area is 108 Å². The molecule has 0 saturated carbocycles. The number of nitrogens with zero attached hydrogens (tertiary/aromatic N) is 3. The molecule has 2 rings (SSSR count). The third-order valence-electron chi connectivity index (χ3n) is 3.48. The third kappa shape index (κ3) is 3.78. The summed E-state index contributed by atoms with van der Waals surface area (Å²) in [5, 5.41) is 13.0. The number of hydrogen-bond acceptors (Lipinski definition) is 5. The average Bonchev–Trinajstić information content (AvgIpc) is 2.78. The van der Waals surface area contributed by atoms with Crippen LogP contribution in [0.5, 0.6) is 0 Å². The van der Waals surface area contributed by atoms with Gasteiger partial charge in [0.15, 0.2) is 5.82 Å². The van der Waals surface area contributed by atoms with Gasteiger partial charge >= 0.3 is 0 Å². The second kappa shape index (κ2) is 6.85. The minimum atomic E-state index is 0.293. The summed E-state index contributed by atoms with van der Waals surface area (Å²) < 4.78 is 5.19. The summed E-state index contributed by atoms with van der Waals surface area (Å²) in [5.74, 6) is 2.16. The summed E-state index contributed by atoms with van der Waals surface area (Å²) in [4.78, 5) is 6.76. The van der Waals surface area contributed by atoms with Gasteiger partial charge in [0.05, 0.1) is 6.54 Å². The highest BCUT2D eigenvalue weighted by Gasteiger charge is 2.20. The topological polar surface area (TPSA) is 62.4 Å². The molecule has 0 radical (unpaired) electrons. The van der Waals surface area contributed by atoms with Gasteiger partial charge in [-0.25, -0.2) is 0 Å². The molecule has 1 N–H and O–H groups in total. The van der Waals surface area contributed by atoms with E-state index in [1.165, 1.54) is 12.8 Å². The molecule has 0 spiro atoms. The standard InChI is InChI=1S/C13H23N3O2/c1-2-4-13-14-12(15-18-13)10-16-7-3-5-11(9-16)6-8-17/h11,17H,2-10H2,1H3. The number of likely N-dealkylation sites (tertiary alicyclic amines) is 1. The van der Waals surface area contributed by atoms with Gasteiger partial charge in [-0.1, -0.05) is 12.1 Å². The van der Waals surface area contributed by atoms with E-state index in [2.05, 4.69) is 22.0 Å². The Bertz CT molecular complexity index is 352. The highest BCUT2D eigenvalue weighted by molar-refractivity contribution is 4.87. The summed E-state index contributed by atoms with van der Waals surface area (Å²) in [6.45, 7) is 5.31. The number of rotatable bonds is 6. The summed E-state index contributed by atoms with van der Waals surface area (Å²) >= 11 is 0. The van der Waals surface area contributed by atoms with Crippen LogP contribution >= 0.6 is 0 Å². The van der Waals surface area contributed by atoms with E-state index in [1.54, 1.807) is 0 Å². The monoisotopic (exact) mass is 253 g/mol. The van der Waals surface area contributed by atoms with Crippen LogP contribution in [0, 0.1) is 5.92 Å². The molecule has 1 fully saturated rings. The Morgan fingerprint density at radius 2 is 2.39 bits per heavy atom. The molecule has 1 unspecified atom stereocenters. The van der Waals surface area contributed by atoms with Crippen molar-refractivity contribution in [3.63, 3.8) is 0 Å². The quantitative estimate of drug-likeness (QED) is 0.834. The number of aromatic nitrogens is 2. The molecule has 1 aliphatic rings. The normalized spacial score (nSPS) is 21.3. The zero-order chi connectivity index (χ0) is 12.8. The lowest BCUT2D eigenvalue weighted by atomic mass is 9.95. The summed E-state index contributed by atoms with van der Waals surface area (Å²) in [7, 11) is 0. The van der Waals surface area contributed by atoms with E-state index < -0.39 is 0 Å². The Hall–Kier alpha value is -0.940. The van der Waals surface area contributed by atoms with E-state index in [1.807, 2.05) is 0 Å². The van der Waals surface area contributed by atoms with E-state index in [0.29, 0.717) is 12.5 Å². The number of aliphatic hydroxyl groups is 1. The van der Waals surface area contributed by atoms with Gasteiger partial charge in [-0.2, -0.15) is 4.98 Å². The van der Waals surface area contributed by atoms with Crippen LogP contribution in [0.4, 0.5) is 0 Å². The molecule has 0 amide bonds. The average molecular weight is 253 g/mol. The number of aliphatic hydroxyl groups excluding tert-OH is 1. The van der Waals surface area contributed by atoms with Crippen molar-refractivity contribution in [1.82, 2.24) is 15.0 Å². The Morgan fingerprint density at radius 3 is 3.17 bits per heavy atom. The van der Waals surface area contributed by atoms with Crippen molar-refractivity contribution >= 4 is 0 Å². The highest BCUT2D eigenvalue weighted by Crippen LogP contribution is 2.20. The van der Waals surface area contributed by atoms with Gasteiger partial charge in [-0.15, -0.1) is 0 Å². The van der Waals surface area contributed by atoms with Crippen LogP contribution < -0.4 is 0 Å². The van der Waals surface area contributed by atoms with Crippen LogP contribution in [-0.2, 0) is 13.0 Å². The largest absolute Gasteiger partial charge is 0.396 e. The van der Waals surface area contributed by atoms with Crippen LogP contribution in [0.1, 0.15) is 44.3 Å². The second-order valence-corrected chi connectivity index (χ2v) is 5.11. The molecule has 5 heteroatoms. The molecule has 2 heterocycles. The van der Waals surface area contributed by atoms with E-state index in [0.717, 1.165) is 50.6 Å². The Kier molecular flexibility index (Phi) is 5.13. The second-order valence-electron chi connectivity index (χ2n) is 5.11. The van der Waals surface area contributed by atoms with Gasteiger partial charge in [0.1, 0.15) is 0 Å². The number of hydrogen-bond donors (Lipinski definition) is 1. The van der Waals surface area contributed by atoms with Gasteiger partial charge in [0.25, 0.3) is 0 Å². The molecule has 1 aliphatic heterocycles. The first-order chi connectivity index (χ1) is 8.81. The number of piperidine rings is 1. The smallest absolute Gasteiger partial charge is 0.226 e. The van der Waals surface area contributed by atoms with Gasteiger partial charge < -0.3 is 9.63 Å². The van der Waals surface area contributed by atoms with Crippen LogP contribution in [0.3, 0.4) is 0 Å². The zero-order valence-electron chi connectivity index (χ0n) is 11.1. The highest BCUT2D eigenvalue weighted by atomic mass is 16.5. The molecule has 5 nitrogen and oxygen atoms in total. The lowest BCUT2D eigenvalue weighted by Crippen LogP contribution is -2.35. The number of aryl methyl sites for hydroxylation is 1. The van der Waals surface area contributed by atoms with Crippen molar-refractivity contribution in [2.75, 3.05) is 19.7 Å². The maximum Gasteiger partial charge on any atom is 0.226 e. The first-order valence-electron chi connectivity index (χ1n) is 6.96. The molecule has 1 aromatic heterocycles. The molecule has 18 heavy (non-hydrogen) atoms. The van der Waals surface area contributed by atoms with Crippen molar-refractivity contribution in [3.05, 3.63) is 11.7 Å². The maximum absolute atomic E-state index is 9.00. The van der Waals surface area contributed by atoms with Gasteiger partial charge in [-0.3, -0.25) is 4.90 Å². The van der Waals surface area contributed by atoms with Crippen molar-refractivity contribution in [1.29, 1.82) is 0 Å². The van der Waals surface area contributed by atoms with E-state index in [9.17, 15) is 0 Å². The first kappa shape index (κ1) is 13.5. The predicted octanol–water partition coefficient (Wildman–Crippen LogP) is 1.62. The van der Waals surface area contributed by atoms with E-state index >= 15 is 0 Å². The zero-order valence-corrected chi connectivity index (χ0v) is 11.1. The minimum absolute atomic E-state index is 0.293. The van der Waals surface area contributed by atoms with E-state index in [4.69, 9.17) is 9.63 Å². The van der Waals surface area contributed by atoms with Crippen molar-refractivity contribution in [3.8, 4) is 0 Å². The molecule has 102 valence electrons. The Balaban J connectivity index is 1.84. The lowest BCUT2D eigenvalue weighted by Gasteiger charge is -2.31. The lowest BCUT2D eigenvalue weighted by molar-refractivity contribution is 0.139. The van der Waals surface area contributed by atoms with Crippen molar-refractivity contribution in [2.45, 2.75) is 45.6 Å². The molecule has 1 aromatic rings. The van der Waals surface area contributed by atoms with Gasteiger partial charge in [-0.05, 0) is 38.1 Å². The molecule has 1 saturated heterocycles.